The SMILES string of the molecule is COC1=C(COC(=O)c2c(C)nc(CC(C)C)c(CN)c2-c2ccc(C)cc2)C=CC(C(=O)Cl)C1. The van der Waals surface area contributed by atoms with Gasteiger partial charge in [0.1, 0.15) is 12.4 Å². The highest BCUT2D eigenvalue weighted by Gasteiger charge is 2.26. The maximum Gasteiger partial charge on any atom is 0.340 e. The third-order valence-corrected chi connectivity index (χ3v) is 6.38. The number of carbonyl (C=O) groups is 2. The maximum absolute atomic E-state index is 13.5. The molecule has 1 heterocycles. The highest BCUT2D eigenvalue weighted by molar-refractivity contribution is 6.64. The van der Waals surface area contributed by atoms with E-state index >= 15 is 0 Å². The summed E-state index contributed by atoms with van der Waals surface area (Å²) in [6, 6.07) is 8.02. The Hall–Kier alpha value is -2.96. The number of aromatic nitrogens is 1. The average Bonchev–Trinajstić information content (AvgIpc) is 2.82. The minimum atomic E-state index is -0.483. The van der Waals surface area contributed by atoms with Gasteiger partial charge in [-0.05, 0) is 48.9 Å². The number of carbonyl (C=O) groups excluding carboxylic acids is 2. The Morgan fingerprint density at radius 1 is 1.20 bits per heavy atom. The van der Waals surface area contributed by atoms with Gasteiger partial charge in [0.25, 0.3) is 0 Å². The van der Waals surface area contributed by atoms with E-state index in [4.69, 9.17) is 31.8 Å². The molecule has 2 aromatic rings. The Morgan fingerprint density at radius 3 is 2.46 bits per heavy atom. The van der Waals surface area contributed by atoms with Crippen LogP contribution in [0.25, 0.3) is 11.1 Å². The topological polar surface area (TPSA) is 91.5 Å². The third kappa shape index (κ3) is 6.19. The van der Waals surface area contributed by atoms with Crippen LogP contribution in [0.4, 0.5) is 0 Å². The molecule has 0 saturated heterocycles. The number of pyridine rings is 1. The van der Waals surface area contributed by atoms with Crippen molar-refractivity contribution in [2.24, 2.45) is 17.6 Å². The van der Waals surface area contributed by atoms with Crippen LogP contribution in [0.15, 0.2) is 47.7 Å². The Kier molecular flexibility index (Phi) is 8.87. The van der Waals surface area contributed by atoms with E-state index in [1.807, 2.05) is 38.1 Å². The standard InChI is InChI=1S/C28H33ClN2O4/c1-16(2)12-23-22(14-30)26(19-8-6-17(3)7-9-19)25(18(4)31-23)28(33)35-15-21-11-10-20(27(29)32)13-24(21)34-5/h6-11,16,20H,12-15,30H2,1-5H3. The number of benzene rings is 1. The predicted molar refractivity (Wildman–Crippen MR) is 138 cm³/mol. The van der Waals surface area contributed by atoms with E-state index < -0.39 is 17.1 Å². The van der Waals surface area contributed by atoms with Crippen molar-refractivity contribution in [1.82, 2.24) is 4.98 Å². The molecule has 7 heteroatoms. The molecule has 186 valence electrons. The van der Waals surface area contributed by atoms with Gasteiger partial charge in [0, 0.05) is 29.8 Å². The van der Waals surface area contributed by atoms with Gasteiger partial charge in [0.05, 0.1) is 24.3 Å². The lowest BCUT2D eigenvalue weighted by atomic mass is 9.89. The van der Waals surface area contributed by atoms with Gasteiger partial charge in [0.15, 0.2) is 0 Å². The Balaban J connectivity index is 2.02. The zero-order valence-corrected chi connectivity index (χ0v) is 21.7. The van der Waals surface area contributed by atoms with Gasteiger partial charge in [0.2, 0.25) is 5.24 Å². The van der Waals surface area contributed by atoms with Crippen LogP contribution in [0.2, 0.25) is 0 Å². The minimum absolute atomic E-state index is 0.000183. The fourth-order valence-electron chi connectivity index (χ4n) is 4.30. The fraction of sp³-hybridized carbons (Fsp3) is 0.393. The first-order valence-corrected chi connectivity index (χ1v) is 12.1. The minimum Gasteiger partial charge on any atom is -0.501 e. The Morgan fingerprint density at radius 2 is 1.89 bits per heavy atom. The van der Waals surface area contributed by atoms with Crippen molar-refractivity contribution in [2.75, 3.05) is 13.7 Å². The second-order valence-electron chi connectivity index (χ2n) is 9.24. The highest BCUT2D eigenvalue weighted by atomic mass is 35.5. The fourth-order valence-corrected chi connectivity index (χ4v) is 4.45. The Bertz CT molecular complexity index is 1170. The molecule has 0 radical (unpaired) electrons. The predicted octanol–water partition coefficient (Wildman–Crippen LogP) is 5.42. The molecular formula is C28H33ClN2O4. The average molecular weight is 497 g/mol. The van der Waals surface area contributed by atoms with Crippen LogP contribution in [0.3, 0.4) is 0 Å². The number of nitrogens with zero attached hydrogens (tertiary/aromatic N) is 1. The van der Waals surface area contributed by atoms with Crippen LogP contribution in [0, 0.1) is 25.7 Å². The Labute approximate surface area is 212 Å². The van der Waals surface area contributed by atoms with Gasteiger partial charge in [-0.2, -0.15) is 0 Å². The summed E-state index contributed by atoms with van der Waals surface area (Å²) in [5, 5.41) is -0.452. The number of hydrogen-bond acceptors (Lipinski definition) is 6. The number of esters is 1. The zero-order valence-electron chi connectivity index (χ0n) is 21.0. The number of aryl methyl sites for hydroxylation is 2. The molecule has 3 rings (SSSR count). The van der Waals surface area contributed by atoms with Gasteiger partial charge in [-0.15, -0.1) is 0 Å². The first kappa shape index (κ1) is 26.6. The molecule has 0 bridgehead atoms. The number of hydrogen-bond donors (Lipinski definition) is 1. The van der Waals surface area contributed by atoms with E-state index in [-0.39, 0.29) is 13.2 Å². The first-order valence-electron chi connectivity index (χ1n) is 11.8. The molecule has 0 fully saturated rings. The van der Waals surface area contributed by atoms with Crippen molar-refractivity contribution in [3.05, 3.63) is 75.8 Å². The number of methoxy groups -OCH3 is 1. The molecule has 1 aromatic carbocycles. The van der Waals surface area contributed by atoms with Crippen LogP contribution >= 0.6 is 11.6 Å². The smallest absolute Gasteiger partial charge is 0.340 e. The summed E-state index contributed by atoms with van der Waals surface area (Å²) in [6.07, 6.45) is 4.53. The van der Waals surface area contributed by atoms with Crippen molar-refractivity contribution < 1.29 is 19.1 Å². The lowest BCUT2D eigenvalue weighted by molar-refractivity contribution is -0.114. The highest BCUT2D eigenvalue weighted by Crippen LogP contribution is 2.33. The van der Waals surface area contributed by atoms with Crippen LogP contribution in [0.5, 0.6) is 0 Å². The summed E-state index contributed by atoms with van der Waals surface area (Å²) >= 11 is 5.64. The van der Waals surface area contributed by atoms with Crippen molar-refractivity contribution >= 4 is 22.8 Å². The molecule has 1 aliphatic rings. The molecule has 6 nitrogen and oxygen atoms in total. The molecule has 1 unspecified atom stereocenters. The monoisotopic (exact) mass is 496 g/mol. The molecule has 1 aromatic heterocycles. The van der Waals surface area contributed by atoms with Crippen LogP contribution in [0.1, 0.15) is 53.1 Å². The molecular weight excluding hydrogens is 464 g/mol. The van der Waals surface area contributed by atoms with E-state index in [1.165, 1.54) is 7.11 Å². The van der Waals surface area contributed by atoms with Crippen LogP contribution in [-0.2, 0) is 27.2 Å². The summed E-state index contributed by atoms with van der Waals surface area (Å²) in [6.45, 7) is 8.37. The molecule has 0 spiro atoms. The van der Waals surface area contributed by atoms with Crippen molar-refractivity contribution in [1.29, 1.82) is 0 Å². The third-order valence-electron chi connectivity index (χ3n) is 6.10. The van der Waals surface area contributed by atoms with E-state index in [0.717, 1.165) is 34.4 Å². The maximum atomic E-state index is 13.5. The van der Waals surface area contributed by atoms with E-state index in [9.17, 15) is 9.59 Å². The number of nitrogens with two attached hydrogens (primary N) is 1. The lowest BCUT2D eigenvalue weighted by Crippen LogP contribution is -2.19. The largest absolute Gasteiger partial charge is 0.501 e. The summed E-state index contributed by atoms with van der Waals surface area (Å²) in [5.41, 5.74) is 12.5. The number of rotatable bonds is 9. The molecule has 0 amide bonds. The number of halogens is 1. The van der Waals surface area contributed by atoms with Crippen LogP contribution < -0.4 is 5.73 Å². The van der Waals surface area contributed by atoms with Gasteiger partial charge in [-0.3, -0.25) is 9.78 Å². The molecule has 0 aliphatic heterocycles. The van der Waals surface area contributed by atoms with Crippen molar-refractivity contribution in [3.8, 4) is 11.1 Å². The second kappa shape index (κ2) is 11.6. The summed E-state index contributed by atoms with van der Waals surface area (Å²) < 4.78 is 11.2. The molecule has 35 heavy (non-hydrogen) atoms. The van der Waals surface area contributed by atoms with E-state index in [0.29, 0.717) is 34.9 Å². The lowest BCUT2D eigenvalue weighted by Gasteiger charge is -2.22. The molecule has 1 atom stereocenters. The molecule has 2 N–H and O–H groups in total. The van der Waals surface area contributed by atoms with E-state index in [2.05, 4.69) is 13.8 Å². The summed E-state index contributed by atoms with van der Waals surface area (Å²) in [7, 11) is 1.52. The first-order chi connectivity index (χ1) is 16.7. The quantitative estimate of drug-likeness (QED) is 0.368. The van der Waals surface area contributed by atoms with Gasteiger partial charge in [-0.1, -0.05) is 55.8 Å². The van der Waals surface area contributed by atoms with Gasteiger partial charge in [-0.25, -0.2) is 4.79 Å². The molecule has 0 saturated carbocycles. The van der Waals surface area contributed by atoms with Gasteiger partial charge < -0.3 is 15.2 Å². The van der Waals surface area contributed by atoms with Crippen LogP contribution in [-0.4, -0.2) is 29.9 Å². The molecule has 1 aliphatic carbocycles. The number of ether oxygens (including phenoxy) is 2. The normalized spacial score (nSPS) is 15.5. The van der Waals surface area contributed by atoms with Crippen molar-refractivity contribution in [3.63, 3.8) is 0 Å². The zero-order chi connectivity index (χ0) is 25.7. The summed E-state index contributed by atoms with van der Waals surface area (Å²) in [4.78, 5) is 29.8. The van der Waals surface area contributed by atoms with Gasteiger partial charge >= 0.3 is 5.97 Å². The van der Waals surface area contributed by atoms with Crippen molar-refractivity contribution in [2.45, 2.75) is 47.1 Å². The van der Waals surface area contributed by atoms with E-state index in [1.54, 1.807) is 12.2 Å². The second-order valence-corrected chi connectivity index (χ2v) is 9.62. The number of allylic oxidation sites excluding steroid dienone is 2. The summed E-state index contributed by atoms with van der Waals surface area (Å²) in [5.74, 6) is 0.0226.